The molecule has 1 saturated carbocycles. The highest BCUT2D eigenvalue weighted by Crippen LogP contribution is 2.26. The minimum absolute atomic E-state index is 0.175. The summed E-state index contributed by atoms with van der Waals surface area (Å²) in [5, 5.41) is 9.04. The van der Waals surface area contributed by atoms with Crippen molar-refractivity contribution < 1.29 is 9.90 Å². The van der Waals surface area contributed by atoms with E-state index in [0.29, 0.717) is 19.0 Å². The van der Waals surface area contributed by atoms with Crippen molar-refractivity contribution in [3.05, 3.63) is 34.9 Å². The van der Waals surface area contributed by atoms with Crippen LogP contribution >= 0.6 is 0 Å². The quantitative estimate of drug-likeness (QED) is 0.766. The second kappa shape index (κ2) is 6.31. The molecule has 0 saturated heterocycles. The summed E-state index contributed by atoms with van der Waals surface area (Å²) in [7, 11) is 0. The Labute approximate surface area is 115 Å². The number of aliphatic hydroxyl groups excluding tert-OH is 1. The zero-order valence-electron chi connectivity index (χ0n) is 11.9. The van der Waals surface area contributed by atoms with E-state index < -0.39 is 0 Å². The molecule has 0 spiro atoms. The molecule has 0 aromatic heterocycles. The molecule has 0 unspecified atom stereocenters. The molecule has 3 nitrogen and oxygen atoms in total. The normalized spacial score (nSPS) is 14.9. The Hall–Kier alpha value is -1.19. The van der Waals surface area contributed by atoms with Crippen molar-refractivity contribution in [3.8, 4) is 0 Å². The van der Waals surface area contributed by atoms with Gasteiger partial charge >= 0.3 is 0 Å². The van der Waals surface area contributed by atoms with Crippen LogP contribution in [0, 0.1) is 13.8 Å². The molecular weight excluding hydrogens is 238 g/mol. The van der Waals surface area contributed by atoms with Gasteiger partial charge in [-0.2, -0.15) is 0 Å². The molecule has 1 aliphatic carbocycles. The molecule has 3 heteroatoms. The van der Waals surface area contributed by atoms with Crippen LogP contribution in [0.15, 0.2) is 18.2 Å². The van der Waals surface area contributed by atoms with Gasteiger partial charge in [0.2, 0.25) is 0 Å². The molecule has 0 bridgehead atoms. The Morgan fingerprint density at radius 1 is 1.21 bits per heavy atom. The van der Waals surface area contributed by atoms with Gasteiger partial charge in [0, 0.05) is 31.1 Å². The van der Waals surface area contributed by atoms with Crippen molar-refractivity contribution in [2.45, 2.75) is 39.2 Å². The first-order chi connectivity index (χ1) is 9.10. The van der Waals surface area contributed by atoms with Gasteiger partial charge in [-0.25, -0.2) is 0 Å². The maximum absolute atomic E-state index is 12.2. The zero-order valence-corrected chi connectivity index (χ0v) is 11.9. The number of hydrogen-bond acceptors (Lipinski definition) is 3. The van der Waals surface area contributed by atoms with E-state index in [1.165, 1.54) is 12.8 Å². The lowest BCUT2D eigenvalue weighted by Gasteiger charge is -2.20. The number of carbonyl (C=O) groups excluding carboxylic acids is 1. The van der Waals surface area contributed by atoms with Gasteiger partial charge in [0.05, 0.1) is 6.61 Å². The van der Waals surface area contributed by atoms with Crippen LogP contribution in [0.2, 0.25) is 0 Å². The molecule has 0 atom stereocenters. The van der Waals surface area contributed by atoms with Crippen LogP contribution in [0.25, 0.3) is 0 Å². The Bertz CT molecular complexity index is 432. The third kappa shape index (κ3) is 4.15. The largest absolute Gasteiger partial charge is 0.395 e. The topological polar surface area (TPSA) is 40.5 Å². The summed E-state index contributed by atoms with van der Waals surface area (Å²) in [6.45, 7) is 5.66. The Balaban J connectivity index is 1.92. The average Bonchev–Trinajstić information content (AvgIpc) is 3.17. The molecule has 1 fully saturated rings. The maximum atomic E-state index is 12.2. The monoisotopic (exact) mass is 261 g/mol. The molecule has 104 valence electrons. The fraction of sp³-hybridized carbons (Fsp3) is 0.562. The Morgan fingerprint density at radius 3 is 2.37 bits per heavy atom. The van der Waals surface area contributed by atoms with Gasteiger partial charge < -0.3 is 5.11 Å². The van der Waals surface area contributed by atoms with Crippen molar-refractivity contribution in [1.82, 2.24) is 4.90 Å². The van der Waals surface area contributed by atoms with E-state index in [-0.39, 0.29) is 12.4 Å². The van der Waals surface area contributed by atoms with Crippen molar-refractivity contribution in [1.29, 1.82) is 0 Å². The van der Waals surface area contributed by atoms with E-state index in [0.717, 1.165) is 23.2 Å². The van der Waals surface area contributed by atoms with Crippen LogP contribution in [-0.4, -0.2) is 41.5 Å². The highest BCUT2D eigenvalue weighted by atomic mass is 16.3. The minimum atomic E-state index is 0.175. The molecular formula is C16H23NO2. The number of hydrogen-bond donors (Lipinski definition) is 1. The van der Waals surface area contributed by atoms with Crippen molar-refractivity contribution >= 4 is 5.78 Å². The molecule has 1 aliphatic rings. The number of benzene rings is 1. The zero-order chi connectivity index (χ0) is 13.8. The van der Waals surface area contributed by atoms with Crippen LogP contribution in [0.5, 0.6) is 0 Å². The lowest BCUT2D eigenvalue weighted by molar-refractivity contribution is 0.0954. The number of aryl methyl sites for hydroxylation is 2. The summed E-state index contributed by atoms with van der Waals surface area (Å²) < 4.78 is 0. The smallest absolute Gasteiger partial charge is 0.164 e. The molecule has 19 heavy (non-hydrogen) atoms. The van der Waals surface area contributed by atoms with E-state index in [1.54, 1.807) is 0 Å². The molecule has 0 aliphatic heterocycles. The first-order valence-corrected chi connectivity index (χ1v) is 7.06. The molecule has 1 N–H and O–H groups in total. The lowest BCUT2D eigenvalue weighted by Crippen LogP contribution is -2.31. The first-order valence-electron chi connectivity index (χ1n) is 7.06. The van der Waals surface area contributed by atoms with Crippen LogP contribution in [-0.2, 0) is 0 Å². The molecule has 0 amide bonds. The first kappa shape index (κ1) is 14.2. The molecule has 2 rings (SSSR count). The lowest BCUT2D eigenvalue weighted by atomic mass is 10.0. The summed E-state index contributed by atoms with van der Waals surface area (Å²) in [5.74, 6) is 0.204. The van der Waals surface area contributed by atoms with Gasteiger partial charge in [0.25, 0.3) is 0 Å². The van der Waals surface area contributed by atoms with Crippen LogP contribution in [0.1, 0.15) is 40.7 Å². The summed E-state index contributed by atoms with van der Waals surface area (Å²) in [6.07, 6.45) is 2.95. The predicted octanol–water partition coefficient (Wildman–Crippen LogP) is 2.33. The van der Waals surface area contributed by atoms with E-state index in [4.69, 9.17) is 5.11 Å². The second-order valence-electron chi connectivity index (χ2n) is 5.54. The molecule has 0 radical (unpaired) electrons. The molecule has 1 aromatic rings. The van der Waals surface area contributed by atoms with E-state index in [1.807, 2.05) is 26.0 Å². The summed E-state index contributed by atoms with van der Waals surface area (Å²) >= 11 is 0. The maximum Gasteiger partial charge on any atom is 0.164 e. The van der Waals surface area contributed by atoms with Crippen LogP contribution in [0.4, 0.5) is 0 Å². The summed E-state index contributed by atoms with van der Waals surface area (Å²) in [5.41, 5.74) is 3.09. The van der Waals surface area contributed by atoms with Gasteiger partial charge in [-0.1, -0.05) is 17.2 Å². The fourth-order valence-electron chi connectivity index (χ4n) is 2.57. The van der Waals surface area contributed by atoms with E-state index in [9.17, 15) is 4.79 Å². The van der Waals surface area contributed by atoms with Crippen molar-refractivity contribution in [2.75, 3.05) is 19.7 Å². The Morgan fingerprint density at radius 2 is 1.84 bits per heavy atom. The van der Waals surface area contributed by atoms with Gasteiger partial charge in [0.15, 0.2) is 5.78 Å². The number of ketones is 1. The predicted molar refractivity (Wildman–Crippen MR) is 76.5 cm³/mol. The molecule has 0 heterocycles. The minimum Gasteiger partial charge on any atom is -0.395 e. The van der Waals surface area contributed by atoms with E-state index in [2.05, 4.69) is 11.0 Å². The second-order valence-corrected chi connectivity index (χ2v) is 5.54. The summed E-state index contributed by atoms with van der Waals surface area (Å²) in [6, 6.07) is 6.60. The number of carbonyl (C=O) groups is 1. The van der Waals surface area contributed by atoms with Gasteiger partial charge in [-0.05, 0) is 38.8 Å². The SMILES string of the molecule is Cc1cc(C)cc(C(=O)CCN(CCO)C2CC2)c1. The third-order valence-electron chi connectivity index (χ3n) is 3.62. The average molecular weight is 261 g/mol. The third-order valence-corrected chi connectivity index (χ3v) is 3.62. The molecule has 1 aromatic carbocycles. The number of nitrogens with zero attached hydrogens (tertiary/aromatic N) is 1. The highest BCUT2D eigenvalue weighted by Gasteiger charge is 2.28. The Kier molecular flexibility index (Phi) is 4.72. The van der Waals surface area contributed by atoms with Gasteiger partial charge in [-0.3, -0.25) is 9.69 Å². The number of Topliss-reactive ketones (excluding diaryl/α,β-unsaturated/α-hetero) is 1. The van der Waals surface area contributed by atoms with Crippen LogP contribution < -0.4 is 0 Å². The number of aliphatic hydroxyl groups is 1. The van der Waals surface area contributed by atoms with Gasteiger partial charge in [-0.15, -0.1) is 0 Å². The van der Waals surface area contributed by atoms with Crippen molar-refractivity contribution in [3.63, 3.8) is 0 Å². The van der Waals surface area contributed by atoms with Crippen molar-refractivity contribution in [2.24, 2.45) is 0 Å². The number of rotatable bonds is 7. The highest BCUT2D eigenvalue weighted by molar-refractivity contribution is 5.96. The summed E-state index contributed by atoms with van der Waals surface area (Å²) in [4.78, 5) is 14.4. The van der Waals surface area contributed by atoms with Crippen LogP contribution in [0.3, 0.4) is 0 Å². The standard InChI is InChI=1S/C16H23NO2/c1-12-9-13(2)11-14(10-12)16(19)5-6-17(7-8-18)15-3-4-15/h9-11,15,18H,3-8H2,1-2H3. The van der Waals surface area contributed by atoms with E-state index >= 15 is 0 Å². The fourth-order valence-corrected chi connectivity index (χ4v) is 2.57. The van der Waals surface area contributed by atoms with Gasteiger partial charge in [0.1, 0.15) is 0 Å².